The molecule has 0 heterocycles. The van der Waals surface area contributed by atoms with Crippen LogP contribution < -0.4 is 10.6 Å². The molecule has 0 amide bonds. The Kier molecular flexibility index (Phi) is 3.13. The van der Waals surface area contributed by atoms with Gasteiger partial charge in [-0.15, -0.1) is 0 Å². The molecular weight excluding hydrogens is 236 g/mol. The Morgan fingerprint density at radius 1 is 0.737 bits per heavy atom. The van der Waals surface area contributed by atoms with E-state index < -0.39 is 0 Å². The number of nitrogens with one attached hydrogen (secondary N) is 2. The van der Waals surface area contributed by atoms with Crippen LogP contribution in [-0.4, -0.2) is 24.5 Å². The first-order valence-electron chi connectivity index (χ1n) is 8.36. The predicted molar refractivity (Wildman–Crippen MR) is 75.7 cm³/mol. The Labute approximate surface area is 116 Å². The molecular formula is C16H28N2O. The Hall–Kier alpha value is -0.120. The molecule has 0 spiro atoms. The van der Waals surface area contributed by atoms with Crippen molar-refractivity contribution in [2.75, 3.05) is 13.5 Å². The zero-order chi connectivity index (χ0) is 12.8. The molecule has 3 heteroatoms. The largest absolute Gasteiger partial charge is 0.351 e. The van der Waals surface area contributed by atoms with Gasteiger partial charge in [0.1, 0.15) is 0 Å². The fourth-order valence-electron chi connectivity index (χ4n) is 5.34. The highest BCUT2D eigenvalue weighted by atomic mass is 16.5. The van der Waals surface area contributed by atoms with E-state index in [2.05, 4.69) is 10.6 Å². The minimum absolute atomic E-state index is 0.453. The van der Waals surface area contributed by atoms with Crippen LogP contribution in [0.4, 0.5) is 0 Å². The molecule has 0 aromatic rings. The fourth-order valence-corrected chi connectivity index (χ4v) is 5.34. The van der Waals surface area contributed by atoms with E-state index in [4.69, 9.17) is 4.74 Å². The van der Waals surface area contributed by atoms with Gasteiger partial charge in [0.05, 0.1) is 13.5 Å². The molecule has 4 saturated carbocycles. The van der Waals surface area contributed by atoms with Gasteiger partial charge in [0.25, 0.3) is 0 Å². The Balaban J connectivity index is 1.16. The lowest BCUT2D eigenvalue weighted by Gasteiger charge is -2.30. The molecule has 0 atom stereocenters. The van der Waals surface area contributed by atoms with E-state index in [1.54, 1.807) is 0 Å². The second-order valence-corrected chi connectivity index (χ2v) is 7.70. The standard InChI is InChI=1S/C16H28N2O/c1-5-15(6-2-13(1)9-15)17-11-19-12-18-16-7-3-14(10-16)4-8-16/h13-14,17-18H,1-12H2. The van der Waals surface area contributed by atoms with E-state index in [0.717, 1.165) is 25.3 Å². The monoisotopic (exact) mass is 264 g/mol. The summed E-state index contributed by atoms with van der Waals surface area (Å²) in [5, 5.41) is 7.38. The molecule has 4 aliphatic carbocycles. The number of rotatable bonds is 6. The quantitative estimate of drug-likeness (QED) is 0.572. The number of hydrogen-bond donors (Lipinski definition) is 2. The van der Waals surface area contributed by atoms with Crippen LogP contribution in [0.3, 0.4) is 0 Å². The maximum Gasteiger partial charge on any atom is 0.0987 e. The second-order valence-electron chi connectivity index (χ2n) is 7.70. The maximum atomic E-state index is 5.83. The van der Waals surface area contributed by atoms with Gasteiger partial charge < -0.3 is 4.74 Å². The summed E-state index contributed by atoms with van der Waals surface area (Å²) in [6.07, 6.45) is 14.1. The predicted octanol–water partition coefficient (Wildman–Crippen LogP) is 2.76. The molecule has 4 bridgehead atoms. The smallest absolute Gasteiger partial charge is 0.0987 e. The first-order chi connectivity index (χ1) is 9.28. The molecule has 19 heavy (non-hydrogen) atoms. The molecule has 0 radical (unpaired) electrons. The first-order valence-corrected chi connectivity index (χ1v) is 8.36. The van der Waals surface area contributed by atoms with Crippen molar-refractivity contribution in [1.82, 2.24) is 10.6 Å². The van der Waals surface area contributed by atoms with Gasteiger partial charge >= 0.3 is 0 Å². The molecule has 4 aliphatic rings. The number of hydrogen-bond acceptors (Lipinski definition) is 3. The van der Waals surface area contributed by atoms with E-state index in [1.807, 2.05) is 0 Å². The zero-order valence-corrected chi connectivity index (χ0v) is 12.0. The Morgan fingerprint density at radius 3 is 1.47 bits per heavy atom. The molecule has 0 saturated heterocycles. The summed E-state index contributed by atoms with van der Waals surface area (Å²) in [6.45, 7) is 1.47. The van der Waals surface area contributed by atoms with Crippen molar-refractivity contribution in [3.63, 3.8) is 0 Å². The normalized spacial score (nSPS) is 47.4. The van der Waals surface area contributed by atoms with Gasteiger partial charge in [-0.05, 0) is 76.0 Å². The molecule has 2 N–H and O–H groups in total. The van der Waals surface area contributed by atoms with Crippen molar-refractivity contribution in [3.05, 3.63) is 0 Å². The second kappa shape index (κ2) is 4.71. The summed E-state index contributed by atoms with van der Waals surface area (Å²) in [4.78, 5) is 0. The molecule has 0 aliphatic heterocycles. The van der Waals surface area contributed by atoms with Gasteiger partial charge in [-0.1, -0.05) is 0 Å². The maximum absolute atomic E-state index is 5.83. The molecule has 0 aromatic carbocycles. The average Bonchev–Trinajstić information content (AvgIpc) is 3.18. The van der Waals surface area contributed by atoms with Gasteiger partial charge in [0.15, 0.2) is 0 Å². The lowest BCUT2D eigenvalue weighted by Crippen LogP contribution is -2.45. The van der Waals surface area contributed by atoms with Crippen LogP contribution in [0.25, 0.3) is 0 Å². The van der Waals surface area contributed by atoms with Crippen LogP contribution in [0.2, 0.25) is 0 Å². The van der Waals surface area contributed by atoms with Crippen molar-refractivity contribution >= 4 is 0 Å². The molecule has 4 fully saturated rings. The summed E-state index contributed by atoms with van der Waals surface area (Å²) >= 11 is 0. The SMILES string of the molecule is C(NC12CCC(CC1)C2)OCNC12CCC(CC1)C2. The highest BCUT2D eigenvalue weighted by molar-refractivity contribution is 5.02. The lowest BCUT2D eigenvalue weighted by atomic mass is 9.94. The number of fused-ring (bicyclic) bond motifs is 4. The van der Waals surface area contributed by atoms with Gasteiger partial charge in [0.2, 0.25) is 0 Å². The Bertz CT molecular complexity index is 296. The molecule has 3 nitrogen and oxygen atoms in total. The van der Waals surface area contributed by atoms with Crippen LogP contribution in [0.5, 0.6) is 0 Å². The summed E-state index contributed by atoms with van der Waals surface area (Å²) in [5.74, 6) is 2.02. The van der Waals surface area contributed by atoms with Gasteiger partial charge in [-0.2, -0.15) is 0 Å². The number of ether oxygens (including phenoxy) is 1. The van der Waals surface area contributed by atoms with Crippen molar-refractivity contribution < 1.29 is 4.74 Å². The van der Waals surface area contributed by atoms with Crippen molar-refractivity contribution in [1.29, 1.82) is 0 Å². The summed E-state index contributed by atoms with van der Waals surface area (Å²) in [6, 6.07) is 0. The van der Waals surface area contributed by atoms with E-state index in [-0.39, 0.29) is 0 Å². The third-order valence-corrected chi connectivity index (χ3v) is 6.58. The van der Waals surface area contributed by atoms with Crippen molar-refractivity contribution in [2.24, 2.45) is 11.8 Å². The average molecular weight is 264 g/mol. The minimum atomic E-state index is 0.453. The van der Waals surface area contributed by atoms with E-state index >= 15 is 0 Å². The Morgan fingerprint density at radius 2 is 1.16 bits per heavy atom. The fraction of sp³-hybridized carbons (Fsp3) is 1.00. The van der Waals surface area contributed by atoms with Crippen LogP contribution >= 0.6 is 0 Å². The molecule has 0 aromatic heterocycles. The zero-order valence-electron chi connectivity index (χ0n) is 12.0. The van der Waals surface area contributed by atoms with Crippen molar-refractivity contribution in [2.45, 2.75) is 75.3 Å². The summed E-state index contributed by atoms with van der Waals surface area (Å²) in [7, 11) is 0. The third-order valence-electron chi connectivity index (χ3n) is 6.58. The lowest BCUT2D eigenvalue weighted by molar-refractivity contribution is 0.0587. The van der Waals surface area contributed by atoms with E-state index in [9.17, 15) is 0 Å². The highest BCUT2D eigenvalue weighted by Gasteiger charge is 2.45. The van der Waals surface area contributed by atoms with Crippen LogP contribution in [-0.2, 0) is 4.74 Å². The summed E-state index contributed by atoms with van der Waals surface area (Å²) in [5.41, 5.74) is 0.906. The minimum Gasteiger partial charge on any atom is -0.351 e. The van der Waals surface area contributed by atoms with Crippen LogP contribution in [0.1, 0.15) is 64.2 Å². The highest BCUT2D eigenvalue weighted by Crippen LogP contribution is 2.48. The molecule has 0 unspecified atom stereocenters. The third kappa shape index (κ3) is 2.34. The molecule has 108 valence electrons. The topological polar surface area (TPSA) is 33.3 Å². The molecule has 4 rings (SSSR count). The summed E-state index contributed by atoms with van der Waals surface area (Å²) < 4.78 is 5.83. The van der Waals surface area contributed by atoms with Gasteiger partial charge in [0, 0.05) is 11.1 Å². The van der Waals surface area contributed by atoms with Gasteiger partial charge in [-0.25, -0.2) is 0 Å². The van der Waals surface area contributed by atoms with E-state index in [1.165, 1.54) is 64.2 Å². The first kappa shape index (κ1) is 12.6. The van der Waals surface area contributed by atoms with Crippen LogP contribution in [0, 0.1) is 11.8 Å². The van der Waals surface area contributed by atoms with E-state index in [0.29, 0.717) is 11.1 Å². The van der Waals surface area contributed by atoms with Crippen molar-refractivity contribution in [3.8, 4) is 0 Å². The van der Waals surface area contributed by atoms with Crippen LogP contribution in [0.15, 0.2) is 0 Å². The van der Waals surface area contributed by atoms with Gasteiger partial charge in [-0.3, -0.25) is 10.6 Å².